The number of halogens is 2. The molecular weight excluding hydrogens is 252 g/mol. The van der Waals surface area contributed by atoms with Gasteiger partial charge in [0.15, 0.2) is 0 Å². The molecule has 1 saturated heterocycles. The van der Waals surface area contributed by atoms with E-state index in [0.29, 0.717) is 38.3 Å². The molecule has 0 spiro atoms. The van der Waals surface area contributed by atoms with Crippen LogP contribution in [0.3, 0.4) is 0 Å². The van der Waals surface area contributed by atoms with E-state index >= 15 is 0 Å². The van der Waals surface area contributed by atoms with Crippen LogP contribution >= 0.6 is 0 Å². The van der Waals surface area contributed by atoms with Gasteiger partial charge in [-0.05, 0) is 30.5 Å². The Balaban J connectivity index is 1.88. The molecule has 2 N–H and O–H groups in total. The van der Waals surface area contributed by atoms with Crippen molar-refractivity contribution in [3.05, 3.63) is 35.4 Å². The number of hydrogen-bond donors (Lipinski definition) is 2. The smallest absolute Gasteiger partial charge is 0.126 e. The number of rotatable bonds is 6. The number of nitrogens with one attached hydrogen (secondary N) is 1. The molecule has 0 aromatic heterocycles. The zero-order valence-electron chi connectivity index (χ0n) is 10.8. The molecule has 1 aliphatic heterocycles. The summed E-state index contributed by atoms with van der Waals surface area (Å²) in [5.74, 6) is -1.13. The minimum absolute atomic E-state index is 0.0549. The third kappa shape index (κ3) is 3.96. The van der Waals surface area contributed by atoms with Crippen molar-refractivity contribution >= 4 is 0 Å². The van der Waals surface area contributed by atoms with Crippen LogP contribution in [0, 0.1) is 17.0 Å². The topological polar surface area (TPSA) is 41.5 Å². The SMILES string of the molecule is OCCC1(CNCc2cc(F)cc(F)c2)CCOC1. The van der Waals surface area contributed by atoms with E-state index in [0.717, 1.165) is 12.5 Å². The molecule has 0 radical (unpaired) electrons. The van der Waals surface area contributed by atoms with E-state index in [9.17, 15) is 8.78 Å². The molecule has 1 unspecified atom stereocenters. The lowest BCUT2D eigenvalue weighted by Gasteiger charge is -2.26. The van der Waals surface area contributed by atoms with Crippen LogP contribution in [0.2, 0.25) is 0 Å². The van der Waals surface area contributed by atoms with E-state index in [2.05, 4.69) is 5.32 Å². The van der Waals surface area contributed by atoms with Gasteiger partial charge >= 0.3 is 0 Å². The first-order chi connectivity index (χ1) is 9.13. The van der Waals surface area contributed by atoms with Gasteiger partial charge in [-0.3, -0.25) is 0 Å². The molecule has 1 fully saturated rings. The van der Waals surface area contributed by atoms with Gasteiger partial charge in [-0.25, -0.2) is 8.78 Å². The largest absolute Gasteiger partial charge is 0.396 e. The van der Waals surface area contributed by atoms with Crippen molar-refractivity contribution in [3.63, 3.8) is 0 Å². The number of hydrogen-bond acceptors (Lipinski definition) is 3. The molecule has 0 bridgehead atoms. The normalized spacial score (nSPS) is 22.9. The lowest BCUT2D eigenvalue weighted by atomic mass is 9.84. The fraction of sp³-hybridized carbons (Fsp3) is 0.571. The van der Waals surface area contributed by atoms with Crippen molar-refractivity contribution in [2.45, 2.75) is 19.4 Å². The molecule has 1 aromatic rings. The maximum absolute atomic E-state index is 13.0. The summed E-state index contributed by atoms with van der Waals surface area (Å²) in [7, 11) is 0. The standard InChI is InChI=1S/C14H19F2NO2/c15-12-5-11(6-13(16)7-12)8-17-9-14(1-3-18)2-4-19-10-14/h5-7,17-18H,1-4,8-10H2. The first kappa shape index (κ1) is 14.4. The van der Waals surface area contributed by atoms with E-state index in [1.807, 2.05) is 0 Å². The second-order valence-corrected chi connectivity index (χ2v) is 5.16. The molecule has 1 atom stereocenters. The highest BCUT2D eigenvalue weighted by Gasteiger charge is 2.33. The number of aliphatic hydroxyl groups is 1. The van der Waals surface area contributed by atoms with E-state index in [1.165, 1.54) is 12.1 Å². The van der Waals surface area contributed by atoms with Crippen LogP contribution in [-0.4, -0.2) is 31.5 Å². The second-order valence-electron chi connectivity index (χ2n) is 5.16. The fourth-order valence-electron chi connectivity index (χ4n) is 2.50. The van der Waals surface area contributed by atoms with Crippen molar-refractivity contribution in [1.82, 2.24) is 5.32 Å². The van der Waals surface area contributed by atoms with E-state index in [-0.39, 0.29) is 12.0 Å². The molecule has 0 saturated carbocycles. The maximum Gasteiger partial charge on any atom is 0.126 e. The van der Waals surface area contributed by atoms with E-state index in [1.54, 1.807) is 0 Å². The highest BCUT2D eigenvalue weighted by Crippen LogP contribution is 2.31. The van der Waals surface area contributed by atoms with E-state index < -0.39 is 11.6 Å². The summed E-state index contributed by atoms with van der Waals surface area (Å²) in [5.41, 5.74) is 0.524. The van der Waals surface area contributed by atoms with Crippen molar-refractivity contribution in [3.8, 4) is 0 Å². The third-order valence-corrected chi connectivity index (χ3v) is 3.58. The molecule has 5 heteroatoms. The van der Waals surface area contributed by atoms with Gasteiger partial charge in [0.1, 0.15) is 11.6 Å². The van der Waals surface area contributed by atoms with Crippen LogP contribution in [-0.2, 0) is 11.3 Å². The summed E-state index contributed by atoms with van der Waals surface area (Å²) in [4.78, 5) is 0. The Hall–Kier alpha value is -1.04. The first-order valence-corrected chi connectivity index (χ1v) is 6.48. The van der Waals surface area contributed by atoms with Gasteiger partial charge < -0.3 is 15.2 Å². The Morgan fingerprint density at radius 1 is 1.26 bits per heavy atom. The predicted molar refractivity (Wildman–Crippen MR) is 67.6 cm³/mol. The monoisotopic (exact) mass is 271 g/mol. The molecule has 1 heterocycles. The lowest BCUT2D eigenvalue weighted by molar-refractivity contribution is 0.124. The molecule has 19 heavy (non-hydrogen) atoms. The van der Waals surface area contributed by atoms with Crippen LogP contribution in [0.25, 0.3) is 0 Å². The Labute approximate surface area is 111 Å². The lowest BCUT2D eigenvalue weighted by Crippen LogP contribution is -2.35. The predicted octanol–water partition coefficient (Wildman–Crippen LogP) is 1.84. The summed E-state index contributed by atoms with van der Waals surface area (Å²) in [5, 5.41) is 12.3. The van der Waals surface area contributed by atoms with Crippen LogP contribution in [0.5, 0.6) is 0 Å². The van der Waals surface area contributed by atoms with Gasteiger partial charge in [0.2, 0.25) is 0 Å². The van der Waals surface area contributed by atoms with Gasteiger partial charge in [0.25, 0.3) is 0 Å². The summed E-state index contributed by atoms with van der Waals surface area (Å²) in [6, 6.07) is 3.50. The molecule has 0 aliphatic carbocycles. The van der Waals surface area contributed by atoms with E-state index in [4.69, 9.17) is 9.84 Å². The second kappa shape index (κ2) is 6.41. The molecule has 0 amide bonds. The average Bonchev–Trinajstić information content (AvgIpc) is 2.77. The Morgan fingerprint density at radius 3 is 2.58 bits per heavy atom. The highest BCUT2D eigenvalue weighted by atomic mass is 19.1. The van der Waals surface area contributed by atoms with Gasteiger partial charge in [-0.1, -0.05) is 0 Å². The van der Waals surface area contributed by atoms with Crippen molar-refractivity contribution in [2.75, 3.05) is 26.4 Å². The summed E-state index contributed by atoms with van der Waals surface area (Å²) >= 11 is 0. The zero-order chi connectivity index (χ0) is 13.7. The van der Waals surface area contributed by atoms with Crippen molar-refractivity contribution in [2.24, 2.45) is 5.41 Å². The Bertz CT molecular complexity index is 400. The molecule has 106 valence electrons. The van der Waals surface area contributed by atoms with Crippen molar-refractivity contribution in [1.29, 1.82) is 0 Å². The van der Waals surface area contributed by atoms with Crippen LogP contribution < -0.4 is 5.32 Å². The molecule has 1 aliphatic rings. The Morgan fingerprint density at radius 2 is 2.00 bits per heavy atom. The summed E-state index contributed by atoms with van der Waals surface area (Å²) in [6.45, 7) is 2.53. The Kier molecular flexibility index (Phi) is 4.85. The average molecular weight is 271 g/mol. The van der Waals surface area contributed by atoms with Crippen LogP contribution in [0.15, 0.2) is 18.2 Å². The minimum atomic E-state index is -0.564. The zero-order valence-corrected chi connectivity index (χ0v) is 10.8. The quantitative estimate of drug-likeness (QED) is 0.829. The van der Waals surface area contributed by atoms with Crippen LogP contribution in [0.1, 0.15) is 18.4 Å². The number of aliphatic hydroxyl groups excluding tert-OH is 1. The maximum atomic E-state index is 13.0. The summed E-state index contributed by atoms with van der Waals surface area (Å²) in [6.07, 6.45) is 1.58. The number of ether oxygens (including phenoxy) is 1. The van der Waals surface area contributed by atoms with Gasteiger partial charge in [-0.2, -0.15) is 0 Å². The van der Waals surface area contributed by atoms with Gasteiger partial charge in [0.05, 0.1) is 6.61 Å². The molecule has 3 nitrogen and oxygen atoms in total. The number of benzene rings is 1. The first-order valence-electron chi connectivity index (χ1n) is 6.48. The van der Waals surface area contributed by atoms with Gasteiger partial charge in [-0.15, -0.1) is 0 Å². The molecular formula is C14H19F2NO2. The van der Waals surface area contributed by atoms with Crippen molar-refractivity contribution < 1.29 is 18.6 Å². The van der Waals surface area contributed by atoms with Gasteiger partial charge in [0, 0.05) is 37.8 Å². The summed E-state index contributed by atoms with van der Waals surface area (Å²) < 4.78 is 31.4. The third-order valence-electron chi connectivity index (χ3n) is 3.58. The molecule has 1 aromatic carbocycles. The van der Waals surface area contributed by atoms with Crippen LogP contribution in [0.4, 0.5) is 8.78 Å². The fourth-order valence-corrected chi connectivity index (χ4v) is 2.50. The highest BCUT2D eigenvalue weighted by molar-refractivity contribution is 5.17. The molecule has 2 rings (SSSR count). The minimum Gasteiger partial charge on any atom is -0.396 e.